The van der Waals surface area contributed by atoms with Gasteiger partial charge in [0.15, 0.2) is 11.6 Å². The number of hydrogen-bond acceptors (Lipinski definition) is 2. The first-order valence-corrected chi connectivity index (χ1v) is 6.07. The third kappa shape index (κ3) is 3.38. The van der Waals surface area contributed by atoms with Gasteiger partial charge in [-0.05, 0) is 37.1 Å². The predicted molar refractivity (Wildman–Crippen MR) is 67.7 cm³/mol. The first-order chi connectivity index (χ1) is 8.95. The Labute approximate surface area is 110 Å². The van der Waals surface area contributed by atoms with Gasteiger partial charge in [0, 0.05) is 19.2 Å². The van der Waals surface area contributed by atoms with Crippen LogP contribution >= 0.6 is 0 Å². The Hall–Kier alpha value is -1.75. The Morgan fingerprint density at radius 3 is 2.53 bits per heavy atom. The minimum Gasteiger partial charge on any atom is -0.392 e. The number of aromatic nitrogens is 2. The maximum Gasteiger partial charge on any atom is 0.159 e. The summed E-state index contributed by atoms with van der Waals surface area (Å²) in [5, 5.41) is 14.2. The first kappa shape index (κ1) is 13.7. The number of rotatable bonds is 4. The van der Waals surface area contributed by atoms with E-state index >= 15 is 0 Å². The lowest BCUT2D eigenvalue weighted by Crippen LogP contribution is -2.16. The predicted octanol–water partition coefficient (Wildman–Crippen LogP) is 2.15. The van der Waals surface area contributed by atoms with Crippen molar-refractivity contribution in [3.63, 3.8) is 0 Å². The van der Waals surface area contributed by atoms with E-state index in [2.05, 4.69) is 5.10 Å². The van der Waals surface area contributed by atoms with Crippen LogP contribution in [-0.4, -0.2) is 21.0 Å². The summed E-state index contributed by atoms with van der Waals surface area (Å²) in [5.41, 5.74) is 2.37. The summed E-state index contributed by atoms with van der Waals surface area (Å²) in [6.07, 6.45) is 0.0530. The van der Waals surface area contributed by atoms with Crippen molar-refractivity contribution in [2.24, 2.45) is 7.05 Å². The van der Waals surface area contributed by atoms with E-state index in [1.807, 2.05) is 20.0 Å². The fourth-order valence-electron chi connectivity index (χ4n) is 2.11. The van der Waals surface area contributed by atoms with Crippen LogP contribution in [0.3, 0.4) is 0 Å². The average Bonchev–Trinajstić information content (AvgIpc) is 2.62. The number of aryl methyl sites for hydroxylation is 2. The molecule has 1 heterocycles. The fraction of sp³-hybridized carbons (Fsp3) is 0.357. The molecule has 1 aromatic heterocycles. The SMILES string of the molecule is Cc1cc(CC(O)Cc2ccc(F)c(F)c2)n(C)n1. The molecule has 0 aliphatic carbocycles. The lowest BCUT2D eigenvalue weighted by atomic mass is 10.0. The maximum absolute atomic E-state index is 13.1. The van der Waals surface area contributed by atoms with Crippen LogP contribution < -0.4 is 0 Å². The summed E-state index contributed by atoms with van der Waals surface area (Å²) in [7, 11) is 1.81. The summed E-state index contributed by atoms with van der Waals surface area (Å²) in [6, 6.07) is 5.57. The van der Waals surface area contributed by atoms with E-state index < -0.39 is 17.7 Å². The first-order valence-electron chi connectivity index (χ1n) is 6.07. The molecule has 1 unspecified atom stereocenters. The monoisotopic (exact) mass is 266 g/mol. The Kier molecular flexibility index (Phi) is 3.95. The molecular formula is C14H16F2N2O. The molecule has 0 bridgehead atoms. The minimum atomic E-state index is -0.888. The van der Waals surface area contributed by atoms with E-state index in [1.54, 1.807) is 4.68 Å². The number of aliphatic hydroxyl groups excluding tert-OH is 1. The number of halogens is 2. The van der Waals surface area contributed by atoms with E-state index in [1.165, 1.54) is 6.07 Å². The molecule has 0 fully saturated rings. The normalized spacial score (nSPS) is 12.7. The van der Waals surface area contributed by atoms with Gasteiger partial charge in [-0.3, -0.25) is 4.68 Å². The second-order valence-corrected chi connectivity index (χ2v) is 4.71. The molecule has 19 heavy (non-hydrogen) atoms. The zero-order valence-electron chi connectivity index (χ0n) is 10.9. The Balaban J connectivity index is 2.03. The van der Waals surface area contributed by atoms with Gasteiger partial charge in [-0.25, -0.2) is 8.78 Å². The smallest absolute Gasteiger partial charge is 0.159 e. The highest BCUT2D eigenvalue weighted by molar-refractivity contribution is 5.19. The average molecular weight is 266 g/mol. The van der Waals surface area contributed by atoms with Crippen LogP contribution in [-0.2, 0) is 19.9 Å². The highest BCUT2D eigenvalue weighted by Gasteiger charge is 2.12. The van der Waals surface area contributed by atoms with E-state index in [0.29, 0.717) is 12.0 Å². The van der Waals surface area contributed by atoms with Crippen LogP contribution in [0.1, 0.15) is 17.0 Å². The van der Waals surface area contributed by atoms with Gasteiger partial charge in [-0.1, -0.05) is 6.07 Å². The largest absolute Gasteiger partial charge is 0.392 e. The molecule has 1 N–H and O–H groups in total. The molecule has 0 amide bonds. The summed E-state index contributed by atoms with van der Waals surface area (Å²) >= 11 is 0. The van der Waals surface area contributed by atoms with Crippen molar-refractivity contribution in [1.29, 1.82) is 0 Å². The molecule has 0 aliphatic rings. The zero-order valence-corrected chi connectivity index (χ0v) is 10.9. The van der Waals surface area contributed by atoms with Gasteiger partial charge in [-0.2, -0.15) is 5.10 Å². The standard InChI is InChI=1S/C14H16F2N2O/c1-9-5-11(18(2)17-9)8-12(19)6-10-3-4-13(15)14(16)7-10/h3-5,7,12,19H,6,8H2,1-2H3. The van der Waals surface area contributed by atoms with Gasteiger partial charge >= 0.3 is 0 Å². The molecule has 102 valence electrons. The van der Waals surface area contributed by atoms with Crippen LogP contribution in [0.15, 0.2) is 24.3 Å². The lowest BCUT2D eigenvalue weighted by Gasteiger charge is -2.11. The summed E-state index contributed by atoms with van der Waals surface area (Å²) in [5.74, 6) is -1.76. The molecule has 3 nitrogen and oxygen atoms in total. The van der Waals surface area contributed by atoms with Crippen molar-refractivity contribution in [2.75, 3.05) is 0 Å². The second kappa shape index (κ2) is 5.48. The quantitative estimate of drug-likeness (QED) is 0.920. The summed E-state index contributed by atoms with van der Waals surface area (Å²) < 4.78 is 27.6. The van der Waals surface area contributed by atoms with Crippen molar-refractivity contribution in [3.8, 4) is 0 Å². The number of hydrogen-bond donors (Lipinski definition) is 1. The van der Waals surface area contributed by atoms with Gasteiger partial charge in [0.25, 0.3) is 0 Å². The topological polar surface area (TPSA) is 38.0 Å². The Morgan fingerprint density at radius 2 is 1.95 bits per heavy atom. The van der Waals surface area contributed by atoms with E-state index in [4.69, 9.17) is 0 Å². The molecule has 0 radical (unpaired) electrons. The number of benzene rings is 1. The number of aliphatic hydroxyl groups is 1. The molecule has 1 atom stereocenters. The molecule has 5 heteroatoms. The highest BCUT2D eigenvalue weighted by atomic mass is 19.2. The van der Waals surface area contributed by atoms with Crippen LogP contribution in [0.4, 0.5) is 8.78 Å². The molecule has 2 rings (SSSR count). The molecule has 0 spiro atoms. The fourth-order valence-corrected chi connectivity index (χ4v) is 2.11. The van der Waals surface area contributed by atoms with Gasteiger partial charge < -0.3 is 5.11 Å². The van der Waals surface area contributed by atoms with E-state index in [-0.39, 0.29) is 6.42 Å². The highest BCUT2D eigenvalue weighted by Crippen LogP contribution is 2.13. The van der Waals surface area contributed by atoms with E-state index in [0.717, 1.165) is 23.5 Å². The van der Waals surface area contributed by atoms with Crippen LogP contribution in [0.25, 0.3) is 0 Å². The van der Waals surface area contributed by atoms with Gasteiger partial charge in [0.2, 0.25) is 0 Å². The van der Waals surface area contributed by atoms with Crippen LogP contribution in [0.5, 0.6) is 0 Å². The van der Waals surface area contributed by atoms with Gasteiger partial charge in [-0.15, -0.1) is 0 Å². The molecule has 0 aliphatic heterocycles. The van der Waals surface area contributed by atoms with Crippen molar-refractivity contribution in [1.82, 2.24) is 9.78 Å². The third-order valence-electron chi connectivity index (χ3n) is 3.00. The van der Waals surface area contributed by atoms with Crippen molar-refractivity contribution < 1.29 is 13.9 Å². The minimum absolute atomic E-state index is 0.279. The second-order valence-electron chi connectivity index (χ2n) is 4.71. The van der Waals surface area contributed by atoms with Crippen molar-refractivity contribution >= 4 is 0 Å². The molecule has 0 saturated heterocycles. The number of nitrogens with zero attached hydrogens (tertiary/aromatic N) is 2. The lowest BCUT2D eigenvalue weighted by molar-refractivity contribution is 0.172. The van der Waals surface area contributed by atoms with Crippen LogP contribution in [0, 0.1) is 18.6 Å². The molecule has 1 aromatic carbocycles. The van der Waals surface area contributed by atoms with Gasteiger partial charge in [0.1, 0.15) is 0 Å². The summed E-state index contributed by atoms with van der Waals surface area (Å²) in [6.45, 7) is 1.88. The third-order valence-corrected chi connectivity index (χ3v) is 3.00. The summed E-state index contributed by atoms with van der Waals surface area (Å²) in [4.78, 5) is 0. The van der Waals surface area contributed by atoms with Crippen molar-refractivity contribution in [3.05, 3.63) is 52.9 Å². The molecular weight excluding hydrogens is 250 g/mol. The zero-order chi connectivity index (χ0) is 14.0. The Morgan fingerprint density at radius 1 is 1.21 bits per heavy atom. The van der Waals surface area contributed by atoms with E-state index in [9.17, 15) is 13.9 Å². The Bertz CT molecular complexity index is 581. The molecule has 0 saturated carbocycles. The van der Waals surface area contributed by atoms with Crippen molar-refractivity contribution in [2.45, 2.75) is 25.9 Å². The van der Waals surface area contributed by atoms with Gasteiger partial charge in [0.05, 0.1) is 11.8 Å². The molecule has 2 aromatic rings. The maximum atomic E-state index is 13.1. The van der Waals surface area contributed by atoms with Crippen LogP contribution in [0.2, 0.25) is 0 Å².